The zero-order chi connectivity index (χ0) is 33.1. The first-order chi connectivity index (χ1) is 21.2. The summed E-state index contributed by atoms with van der Waals surface area (Å²) in [4.78, 5) is 65.3. The van der Waals surface area contributed by atoms with Gasteiger partial charge in [0, 0.05) is 6.61 Å². The molecule has 1 fully saturated rings. The molecule has 248 valence electrons. The highest BCUT2D eigenvalue weighted by Crippen LogP contribution is 2.20. The lowest BCUT2D eigenvalue weighted by molar-refractivity contribution is -0.197. The Kier molecular flexibility index (Phi) is 12.9. The van der Waals surface area contributed by atoms with Crippen molar-refractivity contribution in [2.24, 2.45) is 5.92 Å². The van der Waals surface area contributed by atoms with E-state index in [9.17, 15) is 28.4 Å². The van der Waals surface area contributed by atoms with Gasteiger partial charge in [-0.1, -0.05) is 44.2 Å². The van der Waals surface area contributed by atoms with Crippen molar-refractivity contribution in [2.75, 3.05) is 6.61 Å². The number of rotatable bonds is 13. The Balaban J connectivity index is 1.88. The minimum atomic E-state index is -1.32. The van der Waals surface area contributed by atoms with E-state index in [4.69, 9.17) is 18.9 Å². The molecule has 0 saturated carbocycles. The number of carbonyl (C=O) groups is 3. The lowest BCUT2D eigenvalue weighted by Gasteiger charge is -2.33. The van der Waals surface area contributed by atoms with Crippen LogP contribution in [0.2, 0.25) is 0 Å². The summed E-state index contributed by atoms with van der Waals surface area (Å²) in [7, 11) is 0. The molecule has 45 heavy (non-hydrogen) atoms. The number of aromatic nitrogens is 2. The van der Waals surface area contributed by atoms with Crippen LogP contribution in [0.3, 0.4) is 0 Å². The fraction of sp³-hybridized carbons (Fsp3) is 0.581. The molecule has 2 heterocycles. The highest BCUT2D eigenvalue weighted by Gasteiger charge is 2.37. The van der Waals surface area contributed by atoms with Gasteiger partial charge >= 0.3 is 17.8 Å². The fourth-order valence-electron chi connectivity index (χ4n) is 4.63. The molecule has 0 bridgehead atoms. The average molecular weight is 635 g/mol. The Morgan fingerprint density at radius 1 is 1.11 bits per heavy atom. The van der Waals surface area contributed by atoms with Crippen molar-refractivity contribution in [1.29, 1.82) is 0 Å². The van der Waals surface area contributed by atoms with E-state index in [-0.39, 0.29) is 18.8 Å². The van der Waals surface area contributed by atoms with Gasteiger partial charge < -0.3 is 29.6 Å². The molecule has 0 spiro atoms. The Morgan fingerprint density at radius 3 is 2.44 bits per heavy atom. The number of aromatic amines is 1. The van der Waals surface area contributed by atoms with Crippen LogP contribution in [0.25, 0.3) is 0 Å². The van der Waals surface area contributed by atoms with Crippen molar-refractivity contribution in [3.05, 3.63) is 68.7 Å². The minimum Gasteiger partial charge on any atom is -0.444 e. The molecule has 1 aliphatic heterocycles. The highest BCUT2D eigenvalue weighted by atomic mass is 19.1. The number of amides is 2. The number of nitrogens with one attached hydrogen (secondary N) is 3. The number of H-pyrrole nitrogens is 1. The van der Waals surface area contributed by atoms with Crippen molar-refractivity contribution < 1.29 is 37.7 Å². The maximum atomic E-state index is 14.0. The molecule has 13 nitrogen and oxygen atoms in total. The topological polar surface area (TPSA) is 167 Å². The molecule has 1 saturated heterocycles. The van der Waals surface area contributed by atoms with Gasteiger partial charge in [-0.25, -0.2) is 14.4 Å². The Hall–Kier alpha value is -4.04. The van der Waals surface area contributed by atoms with Crippen LogP contribution in [0.4, 0.5) is 9.18 Å². The van der Waals surface area contributed by atoms with Crippen molar-refractivity contribution in [3.8, 4) is 0 Å². The number of alkyl carbamates (subject to hydrolysis) is 1. The first-order valence-corrected chi connectivity index (χ1v) is 15.0. The van der Waals surface area contributed by atoms with Gasteiger partial charge in [0.2, 0.25) is 5.82 Å². The second-order valence-corrected chi connectivity index (χ2v) is 12.3. The van der Waals surface area contributed by atoms with E-state index >= 15 is 0 Å². The zero-order valence-corrected chi connectivity index (χ0v) is 26.3. The van der Waals surface area contributed by atoms with Crippen molar-refractivity contribution in [3.63, 3.8) is 0 Å². The molecule has 2 aromatic rings. The third-order valence-corrected chi connectivity index (χ3v) is 6.68. The number of hydrogen-bond donors (Lipinski definition) is 3. The molecule has 3 rings (SSSR count). The molecule has 0 aliphatic carbocycles. The van der Waals surface area contributed by atoms with Crippen LogP contribution in [0.15, 0.2) is 46.1 Å². The van der Waals surface area contributed by atoms with Crippen molar-refractivity contribution in [2.45, 2.75) is 104 Å². The number of carbonyl (C=O) groups excluding carboxylic acids is 3. The predicted molar refractivity (Wildman–Crippen MR) is 161 cm³/mol. The van der Waals surface area contributed by atoms with Gasteiger partial charge in [0.25, 0.3) is 11.5 Å². The first kappa shape index (κ1) is 35.4. The van der Waals surface area contributed by atoms with Crippen LogP contribution in [-0.4, -0.2) is 64.2 Å². The third kappa shape index (κ3) is 11.8. The summed E-state index contributed by atoms with van der Waals surface area (Å²) >= 11 is 0. The van der Waals surface area contributed by atoms with Crippen LogP contribution in [0, 0.1) is 11.7 Å². The van der Waals surface area contributed by atoms with Crippen LogP contribution in [-0.2, 0) is 41.7 Å². The second kappa shape index (κ2) is 16.3. The summed E-state index contributed by atoms with van der Waals surface area (Å²) in [6, 6.07) is 7.05. The van der Waals surface area contributed by atoms with Crippen LogP contribution in [0.1, 0.15) is 65.9 Å². The molecule has 0 radical (unpaired) electrons. The SMILES string of the molecule is CC(C)C[C@H](NC(=O)[C@@H](OC1CCCCO1)[C@@H](Cc1ccccc1)NC(=O)OC(C)(C)C)C(=O)OCn1cc(F)c(=O)[nH]c1=O. The molecule has 1 aromatic carbocycles. The standard InChI is InChI=1S/C31H43FN4O9/c1-19(2)15-23(28(39)43-18-36-17-21(32)26(37)35-29(36)40)33-27(38)25(44-24-13-9-10-14-42-24)22(16-20-11-7-6-8-12-20)34-30(41)45-31(3,4)5/h6-8,11-12,17,19,22-25H,9-10,13-16,18H2,1-5H3,(H,33,38)(H,34,41)(H,35,37,40)/t22-,23+,24?,25+/m1/s1. The molecule has 2 amide bonds. The maximum absolute atomic E-state index is 14.0. The highest BCUT2D eigenvalue weighted by molar-refractivity contribution is 5.88. The normalized spacial score (nSPS) is 17.2. The summed E-state index contributed by atoms with van der Waals surface area (Å²) in [6.07, 6.45) is 0.321. The lowest BCUT2D eigenvalue weighted by atomic mass is 9.99. The second-order valence-electron chi connectivity index (χ2n) is 12.3. The maximum Gasteiger partial charge on any atom is 0.407 e. The summed E-state index contributed by atoms with van der Waals surface area (Å²) in [6.45, 7) is 8.55. The number of nitrogens with zero attached hydrogens (tertiary/aromatic N) is 1. The fourth-order valence-corrected chi connectivity index (χ4v) is 4.63. The minimum absolute atomic E-state index is 0.0860. The summed E-state index contributed by atoms with van der Waals surface area (Å²) < 4.78 is 37.1. The number of hydrogen-bond acceptors (Lipinski definition) is 9. The number of halogens is 1. The molecular formula is C31H43FN4O9. The van der Waals surface area contributed by atoms with Gasteiger partial charge in [0.05, 0.1) is 12.2 Å². The van der Waals surface area contributed by atoms with Crippen LogP contribution < -0.4 is 21.9 Å². The van der Waals surface area contributed by atoms with Gasteiger partial charge in [0.1, 0.15) is 11.6 Å². The smallest absolute Gasteiger partial charge is 0.407 e. The summed E-state index contributed by atoms with van der Waals surface area (Å²) in [5.74, 6) is -2.93. The van der Waals surface area contributed by atoms with Gasteiger partial charge in [-0.2, -0.15) is 4.39 Å². The molecule has 1 aliphatic rings. The van der Waals surface area contributed by atoms with Crippen molar-refractivity contribution in [1.82, 2.24) is 20.2 Å². The van der Waals surface area contributed by atoms with Gasteiger partial charge in [0.15, 0.2) is 19.1 Å². The first-order valence-electron chi connectivity index (χ1n) is 15.0. The third-order valence-electron chi connectivity index (χ3n) is 6.68. The largest absolute Gasteiger partial charge is 0.444 e. The van der Waals surface area contributed by atoms with Crippen LogP contribution >= 0.6 is 0 Å². The monoisotopic (exact) mass is 634 g/mol. The Morgan fingerprint density at radius 2 is 1.82 bits per heavy atom. The Bertz CT molecular complexity index is 1400. The van der Waals surface area contributed by atoms with Gasteiger partial charge in [-0.15, -0.1) is 0 Å². The average Bonchev–Trinajstić information content (AvgIpc) is 2.96. The van der Waals surface area contributed by atoms with E-state index in [2.05, 4.69) is 10.6 Å². The predicted octanol–water partition coefficient (Wildman–Crippen LogP) is 2.76. The Labute approximate surface area is 260 Å². The van der Waals surface area contributed by atoms with Gasteiger partial charge in [-0.3, -0.25) is 19.1 Å². The van der Waals surface area contributed by atoms with Gasteiger partial charge in [-0.05, 0) is 64.4 Å². The quantitative estimate of drug-likeness (QED) is 0.281. The summed E-state index contributed by atoms with van der Waals surface area (Å²) in [5.41, 5.74) is -2.18. The van der Waals surface area contributed by atoms with Crippen molar-refractivity contribution >= 4 is 18.0 Å². The van der Waals surface area contributed by atoms with E-state index in [1.54, 1.807) is 25.8 Å². The molecular weight excluding hydrogens is 591 g/mol. The molecule has 1 unspecified atom stereocenters. The molecule has 14 heteroatoms. The number of esters is 1. The lowest BCUT2D eigenvalue weighted by Crippen LogP contribution is -2.57. The zero-order valence-electron chi connectivity index (χ0n) is 26.3. The number of benzene rings is 1. The van der Waals surface area contributed by atoms with E-state index in [0.29, 0.717) is 23.8 Å². The van der Waals surface area contributed by atoms with Crippen LogP contribution in [0.5, 0.6) is 0 Å². The molecule has 4 atom stereocenters. The number of ether oxygens (including phenoxy) is 4. The summed E-state index contributed by atoms with van der Waals surface area (Å²) in [5, 5.41) is 5.47. The molecule has 1 aromatic heterocycles. The van der Waals surface area contributed by atoms with E-state index < -0.39 is 71.8 Å². The van der Waals surface area contributed by atoms with E-state index in [0.717, 1.165) is 18.4 Å². The molecule has 3 N–H and O–H groups in total. The van der Waals surface area contributed by atoms with E-state index in [1.807, 2.05) is 44.2 Å². The van der Waals surface area contributed by atoms with E-state index in [1.165, 1.54) is 0 Å².